The fraction of sp³-hybridized carbons (Fsp3) is 0.385. The molecule has 0 heterocycles. The van der Waals surface area contributed by atoms with Crippen LogP contribution >= 0.6 is 67.8 Å². The Morgan fingerprint density at radius 3 is 2.04 bits per heavy atom. The van der Waals surface area contributed by atoms with Crippen LogP contribution in [-0.2, 0) is 4.79 Å². The second-order valence-electron chi connectivity index (χ2n) is 4.77. The number of aliphatic hydroxyl groups is 5. The molecule has 0 spiro atoms. The van der Waals surface area contributed by atoms with Gasteiger partial charge in [0.1, 0.15) is 6.10 Å². The molecule has 0 saturated carbocycles. The normalized spacial score (nSPS) is 20.2. The Morgan fingerprint density at radius 2 is 1.58 bits per heavy atom. The van der Waals surface area contributed by atoms with Crippen molar-refractivity contribution in [1.82, 2.24) is 5.32 Å². The first-order chi connectivity index (χ1) is 10.9. The van der Waals surface area contributed by atoms with E-state index in [9.17, 15) is 30.0 Å². The number of imide groups is 1. The zero-order chi connectivity index (χ0) is 18.8. The molecule has 8 nitrogen and oxygen atoms in total. The van der Waals surface area contributed by atoms with Gasteiger partial charge in [-0.05, 0) is 79.9 Å². The molecule has 0 aliphatic carbocycles. The van der Waals surface area contributed by atoms with Crippen LogP contribution in [0.5, 0.6) is 0 Å². The fourth-order valence-electron chi connectivity index (χ4n) is 1.57. The van der Waals surface area contributed by atoms with Gasteiger partial charge in [0, 0.05) is 5.56 Å². The molecule has 4 atom stereocenters. The molecule has 2 amide bonds. The smallest absolute Gasteiger partial charge is 0.273 e. The van der Waals surface area contributed by atoms with Crippen molar-refractivity contribution in [2.45, 2.75) is 16.9 Å². The highest BCUT2D eigenvalue weighted by Gasteiger charge is 2.65. The van der Waals surface area contributed by atoms with Crippen LogP contribution in [-0.4, -0.2) is 60.9 Å². The van der Waals surface area contributed by atoms with E-state index in [-0.39, 0.29) is 5.56 Å². The molecule has 0 radical (unpaired) electrons. The highest BCUT2D eigenvalue weighted by molar-refractivity contribution is 14.1. The van der Waals surface area contributed by atoms with Crippen molar-refractivity contribution in [3.05, 3.63) is 35.9 Å². The number of carbonyl (C=O) groups is 2. The van der Waals surface area contributed by atoms with Crippen LogP contribution in [0, 0.1) is 0 Å². The zero-order valence-corrected chi connectivity index (χ0v) is 18.3. The summed E-state index contributed by atoms with van der Waals surface area (Å²) in [7, 11) is 0. The maximum atomic E-state index is 12.2. The Bertz CT molecular complexity index is 607. The average molecular weight is 677 g/mol. The van der Waals surface area contributed by atoms with Crippen molar-refractivity contribution >= 4 is 79.6 Å². The fourth-order valence-corrected chi connectivity index (χ4v) is 3.83. The molecule has 24 heavy (non-hydrogen) atoms. The number of rotatable bonds is 6. The van der Waals surface area contributed by atoms with Crippen molar-refractivity contribution < 1.29 is 35.1 Å². The number of amides is 2. The summed E-state index contributed by atoms with van der Waals surface area (Å²) in [5, 5.41) is 51.6. The summed E-state index contributed by atoms with van der Waals surface area (Å²) >= 11 is 3.53. The molecule has 0 fully saturated rings. The van der Waals surface area contributed by atoms with Gasteiger partial charge in [0.25, 0.3) is 11.8 Å². The first-order valence-electron chi connectivity index (χ1n) is 6.33. The lowest BCUT2D eigenvalue weighted by molar-refractivity contribution is -0.159. The van der Waals surface area contributed by atoms with E-state index in [1.165, 1.54) is 57.3 Å². The average Bonchev–Trinajstić information content (AvgIpc) is 2.54. The third-order valence-electron chi connectivity index (χ3n) is 3.08. The van der Waals surface area contributed by atoms with Gasteiger partial charge < -0.3 is 25.5 Å². The lowest BCUT2D eigenvalue weighted by Gasteiger charge is -2.43. The molecule has 0 saturated heterocycles. The molecule has 0 aromatic heterocycles. The molecule has 0 aliphatic heterocycles. The van der Waals surface area contributed by atoms with Crippen molar-refractivity contribution in [1.29, 1.82) is 0 Å². The topological polar surface area (TPSA) is 147 Å². The minimum absolute atomic E-state index is 0.148. The molecule has 11 heteroatoms. The van der Waals surface area contributed by atoms with Crippen molar-refractivity contribution in [3.8, 4) is 0 Å². The summed E-state index contributed by atoms with van der Waals surface area (Å²) in [6.07, 6.45) is -1.86. The summed E-state index contributed by atoms with van der Waals surface area (Å²) in [6, 6.07) is 7.70. The van der Waals surface area contributed by atoms with Crippen LogP contribution in [0.25, 0.3) is 0 Å². The van der Waals surface area contributed by atoms with Gasteiger partial charge in [0.15, 0.2) is 3.61 Å². The Balaban J connectivity index is 3.05. The van der Waals surface area contributed by atoms with Crippen LogP contribution in [0.4, 0.5) is 0 Å². The largest absolute Gasteiger partial charge is 0.394 e. The van der Waals surface area contributed by atoms with E-state index in [2.05, 4.69) is 0 Å². The minimum atomic E-state index is -2.71. The number of nitrogens with one attached hydrogen (secondary N) is 1. The van der Waals surface area contributed by atoms with Crippen LogP contribution < -0.4 is 5.32 Å². The number of halogens is 3. The number of carbonyl (C=O) groups excluding carboxylic acids is 2. The van der Waals surface area contributed by atoms with E-state index < -0.39 is 35.3 Å². The van der Waals surface area contributed by atoms with E-state index >= 15 is 0 Å². The summed E-state index contributed by atoms with van der Waals surface area (Å²) in [5.74, 6) is -2.11. The van der Waals surface area contributed by atoms with E-state index in [1.54, 1.807) is 18.2 Å². The Kier molecular flexibility index (Phi) is 7.80. The lowest BCUT2D eigenvalue weighted by Crippen LogP contribution is -2.68. The minimum Gasteiger partial charge on any atom is -0.394 e. The second-order valence-corrected chi connectivity index (χ2v) is 9.53. The quantitative estimate of drug-likeness (QED) is 0.179. The third kappa shape index (κ3) is 4.36. The standard InChI is InChI=1S/C13H14I3NO7/c14-11(22,8(19)6-18)13(16,24)12(15,23)10(21)17-9(20)7-4-2-1-3-5-7/h1-5,8,18-19,22-24H,6H2,(H,17,20,21)/t8-,11-,12+,13+/m1/s1. The molecule has 1 aromatic carbocycles. The van der Waals surface area contributed by atoms with Gasteiger partial charge in [0.2, 0.25) is 7.22 Å². The van der Waals surface area contributed by atoms with Gasteiger partial charge in [-0.2, -0.15) is 0 Å². The highest BCUT2D eigenvalue weighted by atomic mass is 127. The molecule has 1 aromatic rings. The summed E-state index contributed by atoms with van der Waals surface area (Å²) in [5.41, 5.74) is 0.148. The van der Waals surface area contributed by atoms with Gasteiger partial charge in [-0.3, -0.25) is 14.9 Å². The molecule has 0 bridgehead atoms. The Morgan fingerprint density at radius 1 is 1.08 bits per heavy atom. The van der Waals surface area contributed by atoms with Crippen LogP contribution in [0.2, 0.25) is 0 Å². The zero-order valence-electron chi connectivity index (χ0n) is 11.9. The number of aliphatic hydroxyl groups excluding tert-OH is 2. The molecular weight excluding hydrogens is 663 g/mol. The number of benzene rings is 1. The monoisotopic (exact) mass is 677 g/mol. The van der Waals surface area contributed by atoms with Crippen molar-refractivity contribution in [2.75, 3.05) is 6.61 Å². The predicted molar refractivity (Wildman–Crippen MR) is 109 cm³/mol. The summed E-state index contributed by atoms with van der Waals surface area (Å²) < 4.78 is -7.85. The number of hydrogen-bond acceptors (Lipinski definition) is 7. The van der Waals surface area contributed by atoms with Crippen molar-refractivity contribution in [3.63, 3.8) is 0 Å². The maximum absolute atomic E-state index is 12.2. The van der Waals surface area contributed by atoms with Crippen LogP contribution in [0.1, 0.15) is 10.4 Å². The SMILES string of the molecule is O=C(NC(=O)[C@@](O)(I)[C@](O)(I)[C@@](O)(I)[C@H](O)CO)c1ccccc1. The second kappa shape index (κ2) is 8.36. The van der Waals surface area contributed by atoms with Crippen molar-refractivity contribution in [2.24, 2.45) is 0 Å². The van der Waals surface area contributed by atoms with Crippen LogP contribution in [0.3, 0.4) is 0 Å². The van der Waals surface area contributed by atoms with E-state index in [0.717, 1.165) is 22.6 Å². The molecule has 134 valence electrons. The molecule has 0 aliphatic rings. The van der Waals surface area contributed by atoms with Gasteiger partial charge in [0.05, 0.1) is 6.61 Å². The first kappa shape index (κ1) is 22.4. The van der Waals surface area contributed by atoms with E-state index in [1.807, 2.05) is 5.32 Å². The first-order valence-corrected chi connectivity index (χ1v) is 9.56. The molecule has 0 unspecified atom stereocenters. The Hall–Kier alpha value is 0.350. The number of alkyl halides is 3. The maximum Gasteiger partial charge on any atom is 0.273 e. The summed E-state index contributed by atoms with van der Waals surface area (Å²) in [4.78, 5) is 24.2. The van der Waals surface area contributed by atoms with Crippen LogP contribution in [0.15, 0.2) is 30.3 Å². The van der Waals surface area contributed by atoms with E-state index in [4.69, 9.17) is 5.11 Å². The lowest BCUT2D eigenvalue weighted by atomic mass is 10.0. The predicted octanol–water partition coefficient (Wildman–Crippen LogP) is -0.333. The third-order valence-corrected chi connectivity index (χ3v) is 9.52. The summed E-state index contributed by atoms with van der Waals surface area (Å²) in [6.45, 7) is -0.929. The molecular formula is C13H14I3NO7. The molecule has 1 rings (SSSR count). The van der Waals surface area contributed by atoms with Gasteiger partial charge in [-0.15, -0.1) is 0 Å². The Labute approximate surface area is 178 Å². The molecule has 6 N–H and O–H groups in total. The highest BCUT2D eigenvalue weighted by Crippen LogP contribution is 2.48. The van der Waals surface area contributed by atoms with Gasteiger partial charge in [-0.25, -0.2) is 0 Å². The van der Waals surface area contributed by atoms with E-state index in [0.29, 0.717) is 0 Å². The van der Waals surface area contributed by atoms with Gasteiger partial charge >= 0.3 is 0 Å². The van der Waals surface area contributed by atoms with Gasteiger partial charge in [-0.1, -0.05) is 18.2 Å². The number of hydrogen-bond donors (Lipinski definition) is 6.